The maximum absolute atomic E-state index is 12.7. The van der Waals surface area contributed by atoms with Crippen LogP contribution in [0, 0.1) is 5.21 Å². The van der Waals surface area contributed by atoms with Crippen molar-refractivity contribution in [3.8, 4) is 0 Å². The van der Waals surface area contributed by atoms with Gasteiger partial charge in [0.15, 0.2) is 0 Å². The fourth-order valence-electron chi connectivity index (χ4n) is 5.39. The average Bonchev–Trinajstić information content (AvgIpc) is 2.84. The van der Waals surface area contributed by atoms with E-state index in [0.717, 1.165) is 25.9 Å². The van der Waals surface area contributed by atoms with Gasteiger partial charge in [-0.1, -0.05) is 168 Å². The predicted octanol–water partition coefficient (Wildman–Crippen LogP) is 11.9. The van der Waals surface area contributed by atoms with Crippen molar-refractivity contribution in [3.05, 3.63) is 5.21 Å². The number of unbranched alkanes of at least 4 members (excludes halogenated alkanes) is 26. The van der Waals surface area contributed by atoms with Crippen LogP contribution in [0.2, 0.25) is 0 Å². The maximum atomic E-state index is 12.7. The molecule has 0 unspecified atom stereocenters. The highest BCUT2D eigenvalue weighted by atomic mass is 16.5. The summed E-state index contributed by atoms with van der Waals surface area (Å²) in [5.74, 6) is 0. The lowest BCUT2D eigenvalue weighted by atomic mass is 10.0. The summed E-state index contributed by atoms with van der Waals surface area (Å²) >= 11 is 0. The lowest BCUT2D eigenvalue weighted by Gasteiger charge is -2.39. The highest BCUT2D eigenvalue weighted by molar-refractivity contribution is 4.52. The Balaban J connectivity index is 3.28. The average molecular weight is 496 g/mol. The molecule has 0 saturated carbocycles. The summed E-state index contributed by atoms with van der Waals surface area (Å²) in [6, 6.07) is 0. The first-order chi connectivity index (χ1) is 17.1. The van der Waals surface area contributed by atoms with E-state index in [-0.39, 0.29) is 4.65 Å². The second-order valence-corrected chi connectivity index (χ2v) is 11.9. The number of hydrogen-bond acceptors (Lipinski definition) is 1. The van der Waals surface area contributed by atoms with Gasteiger partial charge >= 0.3 is 0 Å². The van der Waals surface area contributed by atoms with Crippen molar-refractivity contribution in [2.45, 2.75) is 194 Å². The van der Waals surface area contributed by atoms with E-state index < -0.39 is 0 Å². The van der Waals surface area contributed by atoms with Crippen LogP contribution >= 0.6 is 0 Å². The summed E-state index contributed by atoms with van der Waals surface area (Å²) in [6.07, 6.45) is 38.7. The number of quaternary nitrogens is 1. The number of hydrogen-bond donors (Lipinski definition) is 0. The molecule has 0 aliphatic rings. The first-order valence-electron chi connectivity index (χ1n) is 16.7. The number of hydroxylamine groups is 3. The van der Waals surface area contributed by atoms with Crippen LogP contribution in [0.5, 0.6) is 0 Å². The molecule has 0 heterocycles. The minimum absolute atomic E-state index is 0.00346. The minimum Gasteiger partial charge on any atom is -0.633 e. The van der Waals surface area contributed by atoms with E-state index in [1.54, 1.807) is 0 Å². The summed E-state index contributed by atoms with van der Waals surface area (Å²) in [4.78, 5) is 0. The fraction of sp³-hybridized carbons (Fsp3) is 1.00. The first-order valence-corrected chi connectivity index (χ1v) is 16.7. The Morgan fingerprint density at radius 3 is 0.686 bits per heavy atom. The van der Waals surface area contributed by atoms with Crippen LogP contribution in [-0.2, 0) is 0 Å². The topological polar surface area (TPSA) is 23.1 Å². The largest absolute Gasteiger partial charge is 0.633 e. The smallest absolute Gasteiger partial charge is 0.0781 e. The Hall–Kier alpha value is -0.0800. The summed E-state index contributed by atoms with van der Waals surface area (Å²) in [5.41, 5.74) is 0. The second kappa shape index (κ2) is 28.5. The molecule has 212 valence electrons. The summed E-state index contributed by atoms with van der Waals surface area (Å²) in [6.45, 7) is 6.24. The van der Waals surface area contributed by atoms with Gasteiger partial charge in [-0.15, -0.1) is 0 Å². The van der Waals surface area contributed by atoms with Gasteiger partial charge in [0.1, 0.15) is 0 Å². The van der Waals surface area contributed by atoms with Crippen molar-refractivity contribution in [1.29, 1.82) is 0 Å². The molecule has 0 atom stereocenters. The highest BCUT2D eigenvalue weighted by Crippen LogP contribution is 2.16. The molecule has 0 aliphatic heterocycles. The number of rotatable bonds is 30. The minimum atomic E-state index is -0.00346. The van der Waals surface area contributed by atoms with Crippen LogP contribution in [0.3, 0.4) is 0 Å². The van der Waals surface area contributed by atoms with E-state index in [9.17, 15) is 5.21 Å². The molecule has 35 heavy (non-hydrogen) atoms. The third kappa shape index (κ3) is 30.0. The van der Waals surface area contributed by atoms with Crippen molar-refractivity contribution >= 4 is 0 Å². The molecule has 0 amide bonds. The Morgan fingerprint density at radius 2 is 0.486 bits per heavy atom. The van der Waals surface area contributed by atoms with E-state index in [1.165, 1.54) is 167 Å². The predicted molar refractivity (Wildman–Crippen MR) is 160 cm³/mol. The maximum Gasteiger partial charge on any atom is 0.0781 e. The third-order valence-electron chi connectivity index (χ3n) is 7.97. The molecule has 0 spiro atoms. The van der Waals surface area contributed by atoms with Gasteiger partial charge in [-0.3, -0.25) is 0 Å². The highest BCUT2D eigenvalue weighted by Gasteiger charge is 2.09. The standard InChI is InChI=1S/C33H69NO/c1-4-6-8-10-12-14-16-18-20-22-24-26-28-30-32-34(3,35)33-31-29-27-25-23-21-19-17-15-13-11-9-7-5-2/h4-33H2,1-3H3. The molecule has 0 saturated heterocycles. The van der Waals surface area contributed by atoms with Gasteiger partial charge < -0.3 is 9.85 Å². The van der Waals surface area contributed by atoms with Crippen molar-refractivity contribution in [1.82, 2.24) is 0 Å². The molecule has 2 nitrogen and oxygen atoms in total. The summed E-state index contributed by atoms with van der Waals surface area (Å²) in [5, 5.41) is 12.7. The van der Waals surface area contributed by atoms with E-state index in [2.05, 4.69) is 13.8 Å². The quantitative estimate of drug-likeness (QED) is 0.0552. The Morgan fingerprint density at radius 1 is 0.314 bits per heavy atom. The monoisotopic (exact) mass is 496 g/mol. The van der Waals surface area contributed by atoms with Crippen LogP contribution in [0.25, 0.3) is 0 Å². The molecule has 0 aromatic heterocycles. The normalized spacial score (nSPS) is 12.0. The van der Waals surface area contributed by atoms with Gasteiger partial charge in [0, 0.05) is 0 Å². The van der Waals surface area contributed by atoms with Gasteiger partial charge in [-0.25, -0.2) is 0 Å². The van der Waals surface area contributed by atoms with Crippen molar-refractivity contribution in [3.63, 3.8) is 0 Å². The van der Waals surface area contributed by atoms with Crippen LogP contribution in [0.1, 0.15) is 194 Å². The van der Waals surface area contributed by atoms with E-state index in [4.69, 9.17) is 0 Å². The fourth-order valence-corrected chi connectivity index (χ4v) is 5.39. The first kappa shape index (κ1) is 34.9. The Bertz CT molecular complexity index is 347. The van der Waals surface area contributed by atoms with E-state index in [1.807, 2.05) is 7.05 Å². The van der Waals surface area contributed by atoms with Gasteiger partial charge in [0.25, 0.3) is 0 Å². The van der Waals surface area contributed by atoms with E-state index in [0.29, 0.717) is 0 Å². The lowest BCUT2D eigenvalue weighted by Crippen LogP contribution is -2.39. The third-order valence-corrected chi connectivity index (χ3v) is 7.97. The number of nitrogens with zero attached hydrogens (tertiary/aromatic N) is 1. The summed E-state index contributed by atoms with van der Waals surface area (Å²) in [7, 11) is 1.91. The molecule has 0 N–H and O–H groups in total. The molecule has 0 rings (SSSR count). The Labute approximate surface area is 223 Å². The molecule has 0 aliphatic carbocycles. The van der Waals surface area contributed by atoms with Crippen LogP contribution in [0.4, 0.5) is 0 Å². The molecule has 2 heteroatoms. The van der Waals surface area contributed by atoms with Crippen molar-refractivity contribution in [2.24, 2.45) is 0 Å². The SMILES string of the molecule is CCCCCCCCCCCCCCCC[N+](C)([O-])CCCCCCCCCCCCCCCC. The second-order valence-electron chi connectivity index (χ2n) is 11.9. The zero-order valence-electron chi connectivity index (χ0n) is 25.1. The van der Waals surface area contributed by atoms with E-state index >= 15 is 0 Å². The van der Waals surface area contributed by atoms with Crippen molar-refractivity contribution < 1.29 is 4.65 Å². The zero-order valence-corrected chi connectivity index (χ0v) is 25.1. The van der Waals surface area contributed by atoms with Crippen LogP contribution in [-0.4, -0.2) is 24.8 Å². The molecule has 0 radical (unpaired) electrons. The van der Waals surface area contributed by atoms with Gasteiger partial charge in [0.2, 0.25) is 0 Å². The molecule has 0 fully saturated rings. The Kier molecular flexibility index (Phi) is 28.4. The molecule has 0 aromatic carbocycles. The zero-order chi connectivity index (χ0) is 25.7. The van der Waals surface area contributed by atoms with Crippen LogP contribution < -0.4 is 0 Å². The van der Waals surface area contributed by atoms with Gasteiger partial charge in [0.05, 0.1) is 20.1 Å². The summed E-state index contributed by atoms with van der Waals surface area (Å²) < 4.78 is -0.00346. The molecular weight excluding hydrogens is 426 g/mol. The van der Waals surface area contributed by atoms with Crippen LogP contribution in [0.15, 0.2) is 0 Å². The molecule has 0 bridgehead atoms. The lowest BCUT2D eigenvalue weighted by molar-refractivity contribution is -0.861. The van der Waals surface area contributed by atoms with Crippen molar-refractivity contribution in [2.75, 3.05) is 20.1 Å². The van der Waals surface area contributed by atoms with Gasteiger partial charge in [-0.2, -0.15) is 0 Å². The van der Waals surface area contributed by atoms with Gasteiger partial charge in [-0.05, 0) is 25.7 Å². The molecular formula is C33H69NO. The molecule has 0 aromatic rings.